The molecule has 0 amide bonds. The molecule has 21 saturated heterocycles. The van der Waals surface area contributed by atoms with E-state index in [0.717, 1.165) is 0 Å². The molecule has 21 heterocycles. The maximum Gasteiger partial charge on any atom is 0.274 e. The molecule has 77 heavy (non-hydrogen) atoms. The van der Waals surface area contributed by atoms with Gasteiger partial charge in [0.05, 0.1) is 26.4 Å². The van der Waals surface area contributed by atoms with Gasteiger partial charge in [0.25, 0.3) is 6.48 Å². The minimum atomic E-state index is -3.09. The normalized spacial score (nSPS) is 55.0. The Morgan fingerprint density at radius 2 is 0.610 bits per heavy atom. The van der Waals surface area contributed by atoms with Crippen molar-refractivity contribution < 1.29 is 173 Å². The number of rotatable bonds is 4. The highest BCUT2D eigenvalue weighted by molar-refractivity contribution is 5.00. The molecule has 21 aliphatic heterocycles. The topological polar surface area (TPSA) is 543 Å². The van der Waals surface area contributed by atoms with E-state index < -0.39 is 236 Å². The molecular formula is C42H70O35. The Bertz CT molecular complexity index is 1850. The first kappa shape index (κ1) is 61.7. The Morgan fingerprint density at radius 1 is 0.299 bits per heavy atom. The molecule has 0 aromatic carbocycles. The van der Waals surface area contributed by atoms with E-state index in [-0.39, 0.29) is 0 Å². The fourth-order valence-corrected chi connectivity index (χ4v) is 9.46. The van der Waals surface area contributed by atoms with Crippen LogP contribution in [0.2, 0.25) is 0 Å². The number of aliphatic hydroxyl groups excluding tert-OH is 17. The first-order valence-electron chi connectivity index (χ1n) is 24.7. The molecule has 35 heteroatoms. The van der Waals surface area contributed by atoms with Crippen LogP contribution in [0.25, 0.3) is 0 Å². The van der Waals surface area contributed by atoms with Crippen molar-refractivity contribution in [1.82, 2.24) is 0 Å². The molecule has 31 atom stereocenters. The van der Waals surface area contributed by atoms with Crippen LogP contribution < -0.4 is 0 Å². The second kappa shape index (κ2) is 25.2. The van der Waals surface area contributed by atoms with Crippen molar-refractivity contribution in [2.24, 2.45) is 0 Å². The molecular weight excluding hydrogens is 1060 g/mol. The van der Waals surface area contributed by atoms with Crippen LogP contribution in [0.5, 0.6) is 0 Å². The zero-order valence-corrected chi connectivity index (χ0v) is 40.5. The van der Waals surface area contributed by atoms with Crippen LogP contribution in [0, 0.1) is 0 Å². The van der Waals surface area contributed by atoms with Crippen molar-refractivity contribution in [2.45, 2.75) is 216 Å². The summed E-state index contributed by atoms with van der Waals surface area (Å²) in [5.74, 6) is -9.15. The SMILES string of the molecule is C1CCC1.OC[C@@H]1O[C@H]2OC3[C@H](CO)O[C@@H](O[C@]4(O)CO[C@@H](O[C@]5(O)CO[C@@H](O[C@H]6[C@H](O)[C@@H](O)[C@@H](O[C@H]6CO)O[C@]6(O)CO[C@@H](OC7[C@H](CO)O[C@H](OC1[C@H](O)[C@H]2O)[C@H](O)[C@H]7O)O[C@H]6O)[C@H](O)[C@H]5O)[C@H](O)[C@H]4O)[C@H](O)[C@H]3O. The van der Waals surface area contributed by atoms with Crippen LogP contribution in [0.4, 0.5) is 0 Å². The van der Waals surface area contributed by atoms with Crippen molar-refractivity contribution in [3.63, 3.8) is 0 Å². The van der Waals surface area contributed by atoms with Crippen LogP contribution in [0.3, 0.4) is 0 Å². The summed E-state index contributed by atoms with van der Waals surface area (Å²) >= 11 is 0. The van der Waals surface area contributed by atoms with Crippen LogP contribution in [0.1, 0.15) is 25.7 Å². The molecule has 448 valence electrons. The summed E-state index contributed by atoms with van der Waals surface area (Å²) in [6.45, 7) is -9.82. The van der Waals surface area contributed by atoms with E-state index >= 15 is 0 Å². The highest BCUT2D eigenvalue weighted by atomic mass is 16.9. The second-order valence-corrected chi connectivity index (χ2v) is 19.8. The van der Waals surface area contributed by atoms with Crippen LogP contribution in [-0.2, 0) is 71.1 Å². The first-order chi connectivity index (χ1) is 36.4. The van der Waals surface area contributed by atoms with Crippen LogP contribution >= 0.6 is 0 Å². The predicted molar refractivity (Wildman–Crippen MR) is 227 cm³/mol. The minimum Gasteiger partial charge on any atom is -0.394 e. The standard InChI is InChI=1S/C38H62O35.C4H8/c39-1-8-23-12(43)16(47)30(62-8)68-24-10(3-41)64-32(18(49)15(24)46)72-37(57)6-60-29(21(52)27(37)54)71-36(56)5-59-28(20(51)26(36)53)66-22-9(2-40)65-33(19(50)14(22)45)73-38(58)7-61-35(70-34(38)55)69-25-11(4-42)63-31(67-23)17(48)13(25)44;1-2-4-3-1/h8-35,39-58H,1-7H2;1-4H2/t8-,9-,10-,11-,12+,13+,14+,15+,16+,17+,18+,19+,20+,21+,22+,23?,24?,25?,26+,27+,28-,29-,30-,31+,32-,33-,34+,35-,36+,37+,38+;/m0./s1. The van der Waals surface area contributed by atoms with Gasteiger partial charge in [-0.3, -0.25) is 4.74 Å². The Kier molecular flexibility index (Phi) is 20.2. The van der Waals surface area contributed by atoms with Crippen molar-refractivity contribution in [2.75, 3.05) is 46.2 Å². The van der Waals surface area contributed by atoms with Gasteiger partial charge in [-0.2, -0.15) is 0 Å². The van der Waals surface area contributed by atoms with E-state index in [0.29, 0.717) is 0 Å². The third-order valence-electron chi connectivity index (χ3n) is 14.5. The molecule has 22 fully saturated rings. The van der Waals surface area contributed by atoms with E-state index in [1.165, 1.54) is 25.7 Å². The molecule has 35 nitrogen and oxygen atoms in total. The van der Waals surface area contributed by atoms with Gasteiger partial charge >= 0.3 is 0 Å². The minimum absolute atomic E-state index is 1.02. The average Bonchev–Trinajstić information content (AvgIpc) is 3.41. The second-order valence-electron chi connectivity index (χ2n) is 19.8. The number of ether oxygens (including phenoxy) is 15. The van der Waals surface area contributed by atoms with E-state index in [2.05, 4.69) is 0 Å². The summed E-state index contributed by atoms with van der Waals surface area (Å²) < 4.78 is 81.6. The van der Waals surface area contributed by atoms with Gasteiger partial charge in [0.1, 0.15) is 142 Å². The third kappa shape index (κ3) is 12.5. The Labute approximate surface area is 434 Å². The molecule has 14 bridgehead atoms. The Hall–Kier alpha value is -1.40. The lowest BCUT2D eigenvalue weighted by Gasteiger charge is -2.50. The van der Waals surface area contributed by atoms with Gasteiger partial charge in [-0.25, -0.2) is 0 Å². The smallest absolute Gasteiger partial charge is 0.274 e. The number of hydrogen-bond acceptors (Lipinski definition) is 35. The lowest BCUT2D eigenvalue weighted by atomic mass is 9.95. The molecule has 3 unspecified atom stereocenters. The van der Waals surface area contributed by atoms with Gasteiger partial charge in [-0.05, 0) is 0 Å². The maximum atomic E-state index is 11.3. The highest BCUT2D eigenvalue weighted by Crippen LogP contribution is 2.39. The molecule has 22 aliphatic rings. The van der Waals surface area contributed by atoms with Crippen LogP contribution in [0.15, 0.2) is 0 Å². The monoisotopic (exact) mass is 1130 g/mol. The predicted octanol–water partition coefficient (Wildman–Crippen LogP) is -13.2. The van der Waals surface area contributed by atoms with E-state index in [4.69, 9.17) is 71.1 Å². The molecule has 1 aliphatic carbocycles. The molecule has 0 aromatic heterocycles. The number of aliphatic hydroxyl groups is 20. The molecule has 20 N–H and O–H groups in total. The van der Waals surface area contributed by atoms with Crippen LogP contribution in [-0.4, -0.2) is 338 Å². The molecule has 22 rings (SSSR count). The van der Waals surface area contributed by atoms with Gasteiger partial charge in [0, 0.05) is 0 Å². The Morgan fingerprint density at radius 3 is 1.00 bits per heavy atom. The van der Waals surface area contributed by atoms with Gasteiger partial charge < -0.3 is 168 Å². The summed E-state index contributed by atoms with van der Waals surface area (Å²) in [6.07, 6.45) is -51.2. The Balaban J connectivity index is 0.00000187. The number of hydrogen-bond donors (Lipinski definition) is 20. The lowest BCUT2D eigenvalue weighted by Crippen LogP contribution is -2.70. The van der Waals surface area contributed by atoms with Gasteiger partial charge in [-0.1, -0.05) is 25.7 Å². The summed E-state index contributed by atoms with van der Waals surface area (Å²) in [7, 11) is 0. The maximum absolute atomic E-state index is 11.3. The van der Waals surface area contributed by atoms with Gasteiger partial charge in [0.15, 0.2) is 37.7 Å². The quantitative estimate of drug-likeness (QED) is 0.124. The zero-order valence-electron chi connectivity index (χ0n) is 40.5. The van der Waals surface area contributed by atoms with E-state index in [1.54, 1.807) is 0 Å². The van der Waals surface area contributed by atoms with Crippen molar-refractivity contribution in [1.29, 1.82) is 0 Å². The van der Waals surface area contributed by atoms with E-state index in [1.807, 2.05) is 0 Å². The molecule has 0 aromatic rings. The fraction of sp³-hybridized carbons (Fsp3) is 1.00. The largest absolute Gasteiger partial charge is 0.394 e. The summed E-state index contributed by atoms with van der Waals surface area (Å²) in [5, 5.41) is 219. The average molecular weight is 1130 g/mol. The lowest BCUT2D eigenvalue weighted by molar-refractivity contribution is -0.490. The summed E-state index contributed by atoms with van der Waals surface area (Å²) in [6, 6.07) is 0. The molecule has 0 radical (unpaired) electrons. The van der Waals surface area contributed by atoms with Crippen molar-refractivity contribution >= 4 is 0 Å². The van der Waals surface area contributed by atoms with Gasteiger partial charge in [-0.15, -0.1) is 0 Å². The summed E-state index contributed by atoms with van der Waals surface area (Å²) in [4.78, 5) is 0. The fourth-order valence-electron chi connectivity index (χ4n) is 9.46. The molecule has 1 saturated carbocycles. The molecule has 0 spiro atoms. The first-order valence-corrected chi connectivity index (χ1v) is 24.7. The van der Waals surface area contributed by atoms with Gasteiger partial charge in [0.2, 0.25) is 23.7 Å². The van der Waals surface area contributed by atoms with Crippen molar-refractivity contribution in [3.8, 4) is 0 Å². The van der Waals surface area contributed by atoms with E-state index in [9.17, 15) is 102 Å². The zero-order chi connectivity index (χ0) is 56.1. The third-order valence-corrected chi connectivity index (χ3v) is 14.5. The summed E-state index contributed by atoms with van der Waals surface area (Å²) in [5.41, 5.74) is 0. The highest BCUT2D eigenvalue weighted by Gasteiger charge is 2.61. The van der Waals surface area contributed by atoms with Crippen molar-refractivity contribution in [3.05, 3.63) is 0 Å².